The number of carbonyl (C=O) groups is 6. The Morgan fingerprint density at radius 2 is 0.492 bits per heavy atom. The van der Waals surface area contributed by atoms with Gasteiger partial charge < -0.3 is 0 Å². The second-order valence-electron chi connectivity index (χ2n) is 16.4. The van der Waals surface area contributed by atoms with Crippen LogP contribution in [0, 0.1) is 0 Å². The first-order chi connectivity index (χ1) is 30.6. The molecule has 0 atom stereocenters. The van der Waals surface area contributed by atoms with E-state index in [-0.39, 0.29) is 24.3 Å². The quantitative estimate of drug-likeness (QED) is 0.0187. The minimum Gasteiger partial charge on any atom is -0.0654 e. The summed E-state index contributed by atoms with van der Waals surface area (Å²) in [5.41, 5.74) is 0. The van der Waals surface area contributed by atoms with Gasteiger partial charge in [0, 0.05) is 0 Å². The molecule has 0 aromatic heterocycles. The third kappa shape index (κ3) is 40.1. The Morgan fingerprint density at radius 1 is 0.286 bits per heavy atom. The van der Waals surface area contributed by atoms with Crippen LogP contribution in [0.4, 0.5) is 0 Å². The van der Waals surface area contributed by atoms with Gasteiger partial charge in [-0.25, -0.2) is 0 Å². The molecule has 0 N–H and O–H groups in total. The number of carbonyl (C=O) groups excluding carboxylic acids is 6. The van der Waals surface area contributed by atoms with Crippen LogP contribution in [0.1, 0.15) is 220 Å². The van der Waals surface area contributed by atoms with Crippen molar-refractivity contribution in [3.63, 3.8) is 0 Å². The fourth-order valence-corrected chi connectivity index (χ4v) is 13.1. The normalized spacial score (nSPS) is 11.6. The average Bonchev–Trinajstić information content (AvgIpc) is 3.26. The van der Waals surface area contributed by atoms with E-state index in [1.165, 1.54) is 77.0 Å². The van der Waals surface area contributed by atoms with Gasteiger partial charge in [-0.2, -0.15) is 0 Å². The van der Waals surface area contributed by atoms with Gasteiger partial charge in [0.05, 0.1) is 0 Å². The summed E-state index contributed by atoms with van der Waals surface area (Å²) in [6.45, 7) is 9.24. The zero-order chi connectivity index (χ0) is 46.5. The minimum absolute atomic E-state index is 0.0613. The Balaban J connectivity index is 5.76. The van der Waals surface area contributed by atoms with Gasteiger partial charge in [0.2, 0.25) is 0 Å². The molecule has 0 radical (unpaired) electrons. The van der Waals surface area contributed by atoms with E-state index >= 15 is 0 Å². The third-order valence-corrected chi connectivity index (χ3v) is 17.5. The van der Waals surface area contributed by atoms with Crippen molar-refractivity contribution in [2.45, 2.75) is 225 Å². The van der Waals surface area contributed by atoms with Gasteiger partial charge in [0.1, 0.15) is 0 Å². The van der Waals surface area contributed by atoms with E-state index in [1.54, 1.807) is 0 Å². The van der Waals surface area contributed by atoms with E-state index < -0.39 is 55.4 Å². The van der Waals surface area contributed by atoms with E-state index in [0.29, 0.717) is 32.1 Å². The Bertz CT molecular complexity index is 1150. The molecule has 12 nitrogen and oxygen atoms in total. The first-order valence-corrected chi connectivity index (χ1v) is 30.4. The maximum absolute atomic E-state index is 13.2. The van der Waals surface area contributed by atoms with Gasteiger partial charge >= 0.3 is 310 Å². The van der Waals surface area contributed by atoms with E-state index in [4.69, 9.17) is 23.4 Å². The van der Waals surface area contributed by atoms with Crippen molar-refractivity contribution < 1.29 is 52.2 Å². The van der Waals surface area contributed by atoms with Gasteiger partial charge in [-0.1, -0.05) is 78.6 Å². The molecule has 0 fully saturated rings. The topological polar surface area (TPSA) is 158 Å². The standard InChI is InChI=1S/3C14H24O4.C8H17.Sn/c3*1-2-3-4-5-6-7-8-9-12-18-14(17)11-10-13(15)16;1-3-5-7-8-6-4-2;/h3*10-11H,2-9,12H2,1H3,(H,15,16);1,3-8H2,2H3;/q;;;;+3/p-3/b2*11-10-;;;. The van der Waals surface area contributed by atoms with Crippen molar-refractivity contribution in [2.75, 3.05) is 19.8 Å². The summed E-state index contributed by atoms with van der Waals surface area (Å²) in [4.78, 5) is 77.1. The van der Waals surface area contributed by atoms with Gasteiger partial charge in [-0.15, -0.1) is 0 Å². The number of ether oxygens (including phenoxy) is 3. The van der Waals surface area contributed by atoms with Gasteiger partial charge in [0.15, 0.2) is 0 Å². The van der Waals surface area contributed by atoms with Crippen LogP contribution in [0.2, 0.25) is 4.44 Å². The van der Waals surface area contributed by atoms with E-state index in [0.717, 1.165) is 120 Å². The number of esters is 3. The number of unbranched alkanes of at least 4 members (excludes halogenated alkanes) is 26. The van der Waals surface area contributed by atoms with Crippen LogP contribution in [0.15, 0.2) is 36.5 Å². The van der Waals surface area contributed by atoms with Gasteiger partial charge in [-0.3, -0.25) is 0 Å². The Labute approximate surface area is 386 Å². The molecule has 0 aliphatic heterocycles. The molecular weight excluding hydrogens is 911 g/mol. The van der Waals surface area contributed by atoms with E-state index in [1.807, 2.05) is 0 Å². The second kappa shape index (κ2) is 44.1. The molecule has 0 unspecified atom stereocenters. The van der Waals surface area contributed by atoms with Crippen LogP contribution in [-0.4, -0.2) is 75.3 Å². The molecule has 0 amide bonds. The Hall–Kier alpha value is -3.16. The van der Waals surface area contributed by atoms with Crippen molar-refractivity contribution in [2.24, 2.45) is 0 Å². The third-order valence-electron chi connectivity index (χ3n) is 10.4. The van der Waals surface area contributed by atoms with E-state index in [9.17, 15) is 28.8 Å². The number of rotatable bonds is 43. The molecule has 0 aliphatic carbocycles. The zero-order valence-corrected chi connectivity index (χ0v) is 42.8. The van der Waals surface area contributed by atoms with Crippen LogP contribution in [0.25, 0.3) is 0 Å². The summed E-state index contributed by atoms with van der Waals surface area (Å²) in [6, 6.07) is 0. The maximum atomic E-state index is 13.2. The van der Waals surface area contributed by atoms with Crippen molar-refractivity contribution >= 4 is 55.4 Å². The smallest absolute Gasteiger partial charge is 0.0654 e. The molecule has 0 aliphatic rings. The van der Waals surface area contributed by atoms with Crippen molar-refractivity contribution in [1.29, 1.82) is 0 Å². The number of hydrogen-bond acceptors (Lipinski definition) is 12. The summed E-state index contributed by atoms with van der Waals surface area (Å²) >= 11 is -5.60. The average molecular weight is 998 g/mol. The monoisotopic (exact) mass is 999 g/mol. The fraction of sp³-hybridized carbons (Fsp3) is 0.760. The molecule has 13 heteroatoms. The molecule has 362 valence electrons. The molecule has 0 aromatic carbocycles. The molecule has 0 rings (SSSR count). The molecule has 0 saturated heterocycles. The summed E-state index contributed by atoms with van der Waals surface area (Å²) in [7, 11) is 0. The van der Waals surface area contributed by atoms with Crippen LogP contribution in [-0.2, 0) is 52.2 Å². The van der Waals surface area contributed by atoms with Gasteiger partial charge in [-0.05, 0) is 0 Å². The fourth-order valence-electron chi connectivity index (χ4n) is 6.68. The summed E-state index contributed by atoms with van der Waals surface area (Å²) in [6.07, 6.45) is 36.3. The van der Waals surface area contributed by atoms with Crippen LogP contribution >= 0.6 is 0 Å². The van der Waals surface area contributed by atoms with Crippen molar-refractivity contribution in [1.82, 2.24) is 0 Å². The van der Waals surface area contributed by atoms with Crippen LogP contribution in [0.5, 0.6) is 0 Å². The molecule has 0 heterocycles. The molecule has 0 aromatic rings. The Kier molecular flexibility index (Phi) is 41.8. The summed E-state index contributed by atoms with van der Waals surface area (Å²) < 4.78 is 32.9. The predicted molar refractivity (Wildman–Crippen MR) is 250 cm³/mol. The molecule has 0 bridgehead atoms. The molecule has 0 spiro atoms. The zero-order valence-electron chi connectivity index (χ0n) is 39.9. The Morgan fingerprint density at radius 3 is 0.746 bits per heavy atom. The molecule has 63 heavy (non-hydrogen) atoms. The van der Waals surface area contributed by atoms with Gasteiger partial charge in [0.25, 0.3) is 0 Å². The van der Waals surface area contributed by atoms with Crippen molar-refractivity contribution in [3.8, 4) is 0 Å². The summed E-state index contributed by atoms with van der Waals surface area (Å²) in [5.74, 6) is -5.44. The molecule has 0 saturated carbocycles. The first kappa shape index (κ1) is 59.8. The van der Waals surface area contributed by atoms with Crippen LogP contribution < -0.4 is 0 Å². The summed E-state index contributed by atoms with van der Waals surface area (Å²) in [5, 5.41) is 0. The minimum atomic E-state index is -5.60. The first-order valence-electron chi connectivity index (χ1n) is 24.8. The molecular formula is C50H86O12Sn. The number of hydrogen-bond donors (Lipinski definition) is 0. The van der Waals surface area contributed by atoms with Crippen molar-refractivity contribution in [3.05, 3.63) is 36.5 Å². The SMILES string of the molecule is CCCCCCCCCCOC(=O)C=CC(=O)[O][Sn]([CH2]CCCCCCC)([O]C(=O)/C=C\C(=O)OCCCCCCCCCC)[O]C(=O)/C=C\C(=O)OCCCCCCCCCC. The predicted octanol–water partition coefficient (Wildman–Crippen LogP) is 12.6. The van der Waals surface area contributed by atoms with Crippen LogP contribution in [0.3, 0.4) is 0 Å². The second-order valence-corrected chi connectivity index (χ2v) is 23.5. The van der Waals surface area contributed by atoms with E-state index in [2.05, 4.69) is 27.7 Å².